The van der Waals surface area contributed by atoms with Gasteiger partial charge in [0.25, 0.3) is 0 Å². The van der Waals surface area contributed by atoms with E-state index in [9.17, 15) is 4.79 Å². The molecule has 1 amide bonds. The molecule has 7 heteroatoms. The van der Waals surface area contributed by atoms with Gasteiger partial charge in [0, 0.05) is 17.5 Å². The molecule has 1 saturated carbocycles. The Labute approximate surface area is 148 Å². The SMILES string of the molecule is CCC(C)(NC(=O)C1CC12CCNCC2)c1nccs1.Cl.Cl. The number of rotatable bonds is 4. The predicted octanol–water partition coefficient (Wildman–Crippen LogP) is 3.12. The Morgan fingerprint density at radius 3 is 2.73 bits per heavy atom. The molecule has 0 aromatic carbocycles. The van der Waals surface area contributed by atoms with Crippen LogP contribution in [-0.4, -0.2) is 24.0 Å². The quantitative estimate of drug-likeness (QED) is 0.861. The number of halogens is 2. The minimum absolute atomic E-state index is 0. The van der Waals surface area contributed by atoms with E-state index in [1.807, 2.05) is 11.6 Å². The van der Waals surface area contributed by atoms with Crippen LogP contribution in [0.25, 0.3) is 0 Å². The molecule has 2 aliphatic rings. The molecule has 4 nitrogen and oxygen atoms in total. The number of nitrogens with one attached hydrogen (secondary N) is 2. The second-order valence-corrected chi connectivity index (χ2v) is 7.28. The molecule has 1 aromatic rings. The summed E-state index contributed by atoms with van der Waals surface area (Å²) in [5, 5.41) is 9.63. The smallest absolute Gasteiger partial charge is 0.224 e. The highest BCUT2D eigenvalue weighted by molar-refractivity contribution is 7.09. The third-order valence-electron chi connectivity index (χ3n) is 5.12. The Balaban J connectivity index is 0.00000121. The van der Waals surface area contributed by atoms with Crippen LogP contribution in [0.1, 0.15) is 44.5 Å². The van der Waals surface area contributed by atoms with E-state index < -0.39 is 0 Å². The summed E-state index contributed by atoms with van der Waals surface area (Å²) in [4.78, 5) is 17.0. The van der Waals surface area contributed by atoms with Crippen molar-refractivity contribution in [3.05, 3.63) is 16.6 Å². The van der Waals surface area contributed by atoms with Crippen LogP contribution in [0.2, 0.25) is 0 Å². The Bertz CT molecular complexity index is 491. The summed E-state index contributed by atoms with van der Waals surface area (Å²) in [5.74, 6) is 0.446. The summed E-state index contributed by atoms with van der Waals surface area (Å²) in [5.41, 5.74) is -0.0190. The molecule has 1 saturated heterocycles. The first-order valence-corrected chi connectivity index (χ1v) is 8.40. The van der Waals surface area contributed by atoms with Crippen molar-refractivity contribution in [2.24, 2.45) is 11.3 Å². The first-order chi connectivity index (χ1) is 9.60. The molecule has 0 radical (unpaired) electrons. The summed E-state index contributed by atoms with van der Waals surface area (Å²) in [6.07, 6.45) is 6.04. The molecular weight excluding hydrogens is 341 g/mol. The van der Waals surface area contributed by atoms with Gasteiger partial charge >= 0.3 is 0 Å². The topological polar surface area (TPSA) is 54.0 Å². The van der Waals surface area contributed by atoms with Crippen LogP contribution in [0, 0.1) is 11.3 Å². The van der Waals surface area contributed by atoms with Crippen LogP contribution in [0.4, 0.5) is 0 Å². The van der Waals surface area contributed by atoms with Gasteiger partial charge in [-0.3, -0.25) is 4.79 Å². The zero-order valence-electron chi connectivity index (χ0n) is 13.1. The van der Waals surface area contributed by atoms with Gasteiger partial charge in [-0.25, -0.2) is 4.98 Å². The van der Waals surface area contributed by atoms with Crippen molar-refractivity contribution in [3.8, 4) is 0 Å². The van der Waals surface area contributed by atoms with E-state index in [2.05, 4.69) is 29.5 Å². The number of aromatic nitrogens is 1. The first kappa shape index (κ1) is 19.7. The minimum Gasteiger partial charge on any atom is -0.344 e. The number of hydrogen-bond acceptors (Lipinski definition) is 4. The zero-order chi connectivity index (χ0) is 14.2. The summed E-state index contributed by atoms with van der Waals surface area (Å²) in [7, 11) is 0. The maximum Gasteiger partial charge on any atom is 0.224 e. The lowest BCUT2D eigenvalue weighted by atomic mass is 9.91. The van der Waals surface area contributed by atoms with Gasteiger partial charge in [-0.1, -0.05) is 6.92 Å². The van der Waals surface area contributed by atoms with E-state index in [1.165, 1.54) is 0 Å². The molecule has 2 atom stereocenters. The highest BCUT2D eigenvalue weighted by atomic mass is 35.5. The van der Waals surface area contributed by atoms with E-state index in [0.717, 1.165) is 43.8 Å². The van der Waals surface area contributed by atoms with Crippen molar-refractivity contribution in [1.82, 2.24) is 15.6 Å². The monoisotopic (exact) mass is 365 g/mol. The molecule has 1 aliphatic heterocycles. The Morgan fingerprint density at radius 2 is 2.18 bits per heavy atom. The second-order valence-electron chi connectivity index (χ2n) is 6.38. The summed E-state index contributed by atoms with van der Waals surface area (Å²) in [6, 6.07) is 0. The van der Waals surface area contributed by atoms with Crippen LogP contribution < -0.4 is 10.6 Å². The molecule has 2 heterocycles. The molecule has 126 valence electrons. The van der Waals surface area contributed by atoms with Crippen molar-refractivity contribution in [2.45, 2.75) is 45.1 Å². The fraction of sp³-hybridized carbons (Fsp3) is 0.733. The molecule has 0 bridgehead atoms. The first-order valence-electron chi connectivity index (χ1n) is 7.52. The van der Waals surface area contributed by atoms with Crippen LogP contribution >= 0.6 is 36.2 Å². The lowest BCUT2D eigenvalue weighted by Gasteiger charge is -2.29. The van der Waals surface area contributed by atoms with Crippen molar-refractivity contribution in [3.63, 3.8) is 0 Å². The summed E-state index contributed by atoms with van der Waals surface area (Å²) < 4.78 is 0. The number of carbonyl (C=O) groups is 1. The number of thiazole rings is 1. The zero-order valence-corrected chi connectivity index (χ0v) is 15.5. The van der Waals surface area contributed by atoms with Gasteiger partial charge in [-0.15, -0.1) is 36.2 Å². The van der Waals surface area contributed by atoms with Crippen molar-refractivity contribution in [2.75, 3.05) is 13.1 Å². The lowest BCUT2D eigenvalue weighted by molar-refractivity contribution is -0.125. The third-order valence-corrected chi connectivity index (χ3v) is 6.15. The molecular formula is C15H25Cl2N3OS. The Morgan fingerprint density at radius 1 is 1.50 bits per heavy atom. The summed E-state index contributed by atoms with van der Waals surface area (Å²) >= 11 is 1.62. The Kier molecular flexibility index (Phi) is 6.69. The van der Waals surface area contributed by atoms with Gasteiger partial charge in [0.15, 0.2) is 0 Å². The number of nitrogens with zero attached hydrogens (tertiary/aromatic N) is 1. The van der Waals surface area contributed by atoms with Gasteiger partial charge in [-0.2, -0.15) is 0 Å². The minimum atomic E-state index is -0.318. The average Bonchev–Trinajstić information content (AvgIpc) is 2.92. The normalized spacial score (nSPS) is 24.5. The van der Waals surface area contributed by atoms with Gasteiger partial charge in [0.1, 0.15) is 5.01 Å². The molecule has 1 spiro atoms. The van der Waals surface area contributed by atoms with E-state index in [-0.39, 0.29) is 42.2 Å². The molecule has 2 fully saturated rings. The standard InChI is InChI=1S/C15H23N3OS.2ClH/c1-3-14(2,13-17-8-9-20-13)18-12(19)11-10-15(11)4-6-16-7-5-15;;/h8-9,11,16H,3-7,10H2,1-2H3,(H,18,19);2*1H. The maximum absolute atomic E-state index is 12.6. The Hall–Kier alpha value is -0.360. The fourth-order valence-corrected chi connectivity index (χ4v) is 4.17. The van der Waals surface area contributed by atoms with Crippen LogP contribution in [-0.2, 0) is 10.3 Å². The van der Waals surface area contributed by atoms with Gasteiger partial charge < -0.3 is 10.6 Å². The van der Waals surface area contributed by atoms with Gasteiger partial charge in [0.05, 0.1) is 5.54 Å². The predicted molar refractivity (Wildman–Crippen MR) is 95.0 cm³/mol. The highest BCUT2D eigenvalue weighted by Crippen LogP contribution is 2.58. The third kappa shape index (κ3) is 3.58. The van der Waals surface area contributed by atoms with E-state index in [0.29, 0.717) is 5.41 Å². The number of hydrogen-bond donors (Lipinski definition) is 2. The fourth-order valence-electron chi connectivity index (χ4n) is 3.34. The molecule has 2 N–H and O–H groups in total. The highest BCUT2D eigenvalue weighted by Gasteiger charge is 2.58. The summed E-state index contributed by atoms with van der Waals surface area (Å²) in [6.45, 7) is 6.30. The van der Waals surface area contributed by atoms with E-state index in [1.54, 1.807) is 11.3 Å². The number of amides is 1. The average molecular weight is 366 g/mol. The van der Waals surface area contributed by atoms with Crippen LogP contribution in [0.3, 0.4) is 0 Å². The van der Waals surface area contributed by atoms with Crippen molar-refractivity contribution < 1.29 is 4.79 Å². The van der Waals surface area contributed by atoms with E-state index >= 15 is 0 Å². The van der Waals surface area contributed by atoms with Crippen LogP contribution in [0.5, 0.6) is 0 Å². The number of piperidine rings is 1. The maximum atomic E-state index is 12.6. The number of carbonyl (C=O) groups excluding carboxylic acids is 1. The second kappa shape index (κ2) is 7.47. The van der Waals surface area contributed by atoms with Crippen molar-refractivity contribution in [1.29, 1.82) is 0 Å². The molecule has 1 aromatic heterocycles. The largest absolute Gasteiger partial charge is 0.344 e. The molecule has 22 heavy (non-hydrogen) atoms. The van der Waals surface area contributed by atoms with Crippen LogP contribution in [0.15, 0.2) is 11.6 Å². The van der Waals surface area contributed by atoms with E-state index in [4.69, 9.17) is 0 Å². The molecule has 3 rings (SSSR count). The van der Waals surface area contributed by atoms with Gasteiger partial charge in [0.2, 0.25) is 5.91 Å². The van der Waals surface area contributed by atoms with Gasteiger partial charge in [-0.05, 0) is 51.1 Å². The molecule has 2 unspecified atom stereocenters. The van der Waals surface area contributed by atoms with Crippen molar-refractivity contribution >= 4 is 42.1 Å². The lowest BCUT2D eigenvalue weighted by Crippen LogP contribution is -2.45. The molecule has 1 aliphatic carbocycles.